The quantitative estimate of drug-likeness (QED) is 0.800. The van der Waals surface area contributed by atoms with Crippen molar-refractivity contribution >= 4 is 12.1 Å². The number of carbonyl (C=O) groups excluding carboxylic acids is 2. The highest BCUT2D eigenvalue weighted by Gasteiger charge is 2.37. The predicted octanol–water partition coefficient (Wildman–Crippen LogP) is 2.16. The Balaban J connectivity index is 2.02. The van der Waals surface area contributed by atoms with E-state index in [9.17, 15) is 9.59 Å². The van der Waals surface area contributed by atoms with Crippen molar-refractivity contribution in [2.24, 2.45) is 0 Å². The van der Waals surface area contributed by atoms with Crippen LogP contribution in [0.15, 0.2) is 6.20 Å². The Morgan fingerprint density at radius 3 is 2.55 bits per heavy atom. The summed E-state index contributed by atoms with van der Waals surface area (Å²) in [6.45, 7) is 10.3. The van der Waals surface area contributed by atoms with Gasteiger partial charge in [-0.25, -0.2) is 9.59 Å². The van der Waals surface area contributed by atoms with Crippen molar-refractivity contribution in [1.82, 2.24) is 14.7 Å². The number of ether oxygens (including phenoxy) is 2. The van der Waals surface area contributed by atoms with E-state index < -0.39 is 5.60 Å². The van der Waals surface area contributed by atoms with E-state index in [-0.39, 0.29) is 18.1 Å². The Labute approximate surface area is 130 Å². The highest BCUT2D eigenvalue weighted by Crippen LogP contribution is 2.25. The maximum absolute atomic E-state index is 12.0. The lowest BCUT2D eigenvalue weighted by molar-refractivity contribution is -0.000980. The molecule has 1 aliphatic rings. The number of rotatable bonds is 3. The Hall–Kier alpha value is -2.05. The third kappa shape index (κ3) is 3.40. The predicted molar refractivity (Wildman–Crippen MR) is 79.8 cm³/mol. The van der Waals surface area contributed by atoms with E-state index >= 15 is 0 Å². The molecule has 0 aromatic carbocycles. The Bertz CT molecular complexity index is 568. The second-order valence-corrected chi connectivity index (χ2v) is 6.38. The van der Waals surface area contributed by atoms with Crippen LogP contribution in [0.4, 0.5) is 4.79 Å². The number of aromatic nitrogens is 2. The first-order valence-electron chi connectivity index (χ1n) is 7.42. The fourth-order valence-electron chi connectivity index (χ4n) is 2.26. The third-order valence-corrected chi connectivity index (χ3v) is 3.31. The number of amides is 1. The minimum absolute atomic E-state index is 0.0272. The molecule has 2 heterocycles. The smallest absolute Gasteiger partial charge is 0.410 e. The second kappa shape index (κ2) is 5.98. The minimum atomic E-state index is -0.513. The number of nitrogens with zero attached hydrogens (tertiary/aromatic N) is 3. The summed E-state index contributed by atoms with van der Waals surface area (Å²) < 4.78 is 12.0. The first kappa shape index (κ1) is 16.3. The molecule has 0 spiro atoms. The van der Waals surface area contributed by atoms with Gasteiger partial charge in [-0.1, -0.05) is 0 Å². The summed E-state index contributed by atoms with van der Waals surface area (Å²) in [4.78, 5) is 25.5. The lowest BCUT2D eigenvalue weighted by atomic mass is 10.1. The molecular weight excluding hydrogens is 286 g/mol. The van der Waals surface area contributed by atoms with Crippen LogP contribution in [0.5, 0.6) is 0 Å². The van der Waals surface area contributed by atoms with Crippen molar-refractivity contribution in [3.05, 3.63) is 17.5 Å². The van der Waals surface area contributed by atoms with E-state index in [1.54, 1.807) is 22.7 Å². The fraction of sp³-hybridized carbons (Fsp3) is 0.667. The maximum Gasteiger partial charge on any atom is 0.410 e. The molecule has 0 aliphatic carbocycles. The molecule has 1 amide bonds. The highest BCUT2D eigenvalue weighted by molar-refractivity contribution is 5.89. The number of esters is 1. The van der Waals surface area contributed by atoms with Gasteiger partial charge in [0.15, 0.2) is 0 Å². The highest BCUT2D eigenvalue weighted by atomic mass is 16.6. The number of hydrogen-bond donors (Lipinski definition) is 0. The molecule has 0 bridgehead atoms. The summed E-state index contributed by atoms with van der Waals surface area (Å²) in [5.41, 5.74) is 0.713. The molecule has 7 nitrogen and oxygen atoms in total. The standard InChI is InChI=1S/C15H23N3O4/c1-6-21-13(19)12-10(2)7-16-18(12)11-8-17(9-11)14(20)22-15(3,4)5/h7,11H,6,8-9H2,1-5H3. The summed E-state index contributed by atoms with van der Waals surface area (Å²) in [6.07, 6.45) is 1.30. The van der Waals surface area contributed by atoms with Crippen molar-refractivity contribution < 1.29 is 19.1 Å². The zero-order chi connectivity index (χ0) is 16.5. The van der Waals surface area contributed by atoms with Gasteiger partial charge in [0.05, 0.1) is 18.8 Å². The minimum Gasteiger partial charge on any atom is -0.461 e. The summed E-state index contributed by atoms with van der Waals surface area (Å²) >= 11 is 0. The van der Waals surface area contributed by atoms with Crippen LogP contribution < -0.4 is 0 Å². The number of hydrogen-bond acceptors (Lipinski definition) is 5. The normalized spacial score (nSPS) is 15.4. The monoisotopic (exact) mass is 309 g/mol. The van der Waals surface area contributed by atoms with Crippen LogP contribution in [0, 0.1) is 6.92 Å². The van der Waals surface area contributed by atoms with E-state index in [2.05, 4.69) is 5.10 Å². The zero-order valence-corrected chi connectivity index (χ0v) is 13.8. The van der Waals surface area contributed by atoms with Gasteiger partial charge in [-0.15, -0.1) is 0 Å². The van der Waals surface area contributed by atoms with Crippen molar-refractivity contribution in [1.29, 1.82) is 0 Å². The summed E-state index contributed by atoms with van der Waals surface area (Å²) in [5.74, 6) is -0.381. The molecule has 2 rings (SSSR count). The SMILES string of the molecule is CCOC(=O)c1c(C)cnn1C1CN(C(=O)OC(C)(C)C)C1. The average Bonchev–Trinajstić information content (AvgIpc) is 2.67. The molecule has 1 aliphatic heterocycles. The van der Waals surface area contributed by atoms with Gasteiger partial charge >= 0.3 is 12.1 Å². The fourth-order valence-corrected chi connectivity index (χ4v) is 2.26. The molecule has 22 heavy (non-hydrogen) atoms. The van der Waals surface area contributed by atoms with E-state index in [0.29, 0.717) is 25.4 Å². The lowest BCUT2D eigenvalue weighted by Crippen LogP contribution is -2.52. The van der Waals surface area contributed by atoms with Crippen molar-refractivity contribution in [2.75, 3.05) is 19.7 Å². The first-order chi connectivity index (χ1) is 10.2. The molecule has 122 valence electrons. The molecule has 1 aromatic rings. The molecule has 1 aromatic heterocycles. The Morgan fingerprint density at radius 1 is 1.36 bits per heavy atom. The van der Waals surface area contributed by atoms with Crippen LogP contribution in [0.3, 0.4) is 0 Å². The van der Waals surface area contributed by atoms with Crippen molar-refractivity contribution in [2.45, 2.75) is 46.3 Å². The van der Waals surface area contributed by atoms with Gasteiger partial charge < -0.3 is 14.4 Å². The van der Waals surface area contributed by atoms with Crippen molar-refractivity contribution in [3.63, 3.8) is 0 Å². The summed E-state index contributed by atoms with van der Waals surface area (Å²) in [6, 6.07) is -0.0272. The van der Waals surface area contributed by atoms with Gasteiger partial charge in [0, 0.05) is 18.7 Å². The van der Waals surface area contributed by atoms with Crippen molar-refractivity contribution in [3.8, 4) is 0 Å². The van der Waals surface area contributed by atoms with E-state index in [4.69, 9.17) is 9.47 Å². The van der Waals surface area contributed by atoms with E-state index in [1.165, 1.54) is 0 Å². The summed E-state index contributed by atoms with van der Waals surface area (Å²) in [5, 5.41) is 4.25. The van der Waals surface area contributed by atoms with E-state index in [0.717, 1.165) is 5.56 Å². The Morgan fingerprint density at radius 2 is 2.00 bits per heavy atom. The van der Waals surface area contributed by atoms with Crippen LogP contribution in [-0.4, -0.2) is 52.0 Å². The second-order valence-electron chi connectivity index (χ2n) is 6.38. The molecule has 7 heteroatoms. The number of likely N-dealkylation sites (tertiary alicyclic amines) is 1. The van der Waals surface area contributed by atoms with Crippen LogP contribution in [0.2, 0.25) is 0 Å². The van der Waals surface area contributed by atoms with Crippen LogP contribution in [0.25, 0.3) is 0 Å². The molecule has 0 radical (unpaired) electrons. The lowest BCUT2D eigenvalue weighted by Gasteiger charge is -2.40. The van der Waals surface area contributed by atoms with Crippen LogP contribution in [-0.2, 0) is 9.47 Å². The topological polar surface area (TPSA) is 73.7 Å². The molecular formula is C15H23N3O4. The van der Waals surface area contributed by atoms with Gasteiger partial charge in [-0.3, -0.25) is 4.68 Å². The number of carbonyl (C=O) groups is 2. The number of aryl methyl sites for hydroxylation is 1. The molecule has 1 fully saturated rings. The molecule has 0 saturated carbocycles. The molecule has 0 N–H and O–H groups in total. The zero-order valence-electron chi connectivity index (χ0n) is 13.8. The van der Waals surface area contributed by atoms with Gasteiger partial charge in [0.2, 0.25) is 0 Å². The first-order valence-corrected chi connectivity index (χ1v) is 7.42. The molecule has 0 atom stereocenters. The van der Waals surface area contributed by atoms with Gasteiger partial charge in [0.1, 0.15) is 11.3 Å². The van der Waals surface area contributed by atoms with E-state index in [1.807, 2.05) is 27.7 Å². The third-order valence-electron chi connectivity index (χ3n) is 3.31. The van der Waals surface area contributed by atoms with Gasteiger partial charge in [0.25, 0.3) is 0 Å². The van der Waals surface area contributed by atoms with Crippen LogP contribution >= 0.6 is 0 Å². The summed E-state index contributed by atoms with van der Waals surface area (Å²) in [7, 11) is 0. The van der Waals surface area contributed by atoms with Crippen LogP contribution in [0.1, 0.15) is 49.8 Å². The Kier molecular flexibility index (Phi) is 4.44. The van der Waals surface area contributed by atoms with Gasteiger partial charge in [-0.2, -0.15) is 5.10 Å². The molecule has 1 saturated heterocycles. The average molecular weight is 309 g/mol. The van der Waals surface area contributed by atoms with Gasteiger partial charge in [-0.05, 0) is 34.6 Å². The largest absolute Gasteiger partial charge is 0.461 e. The maximum atomic E-state index is 12.0. The molecule has 0 unspecified atom stereocenters.